The van der Waals surface area contributed by atoms with Gasteiger partial charge in [0.25, 0.3) is 0 Å². The molecule has 2 aliphatic carbocycles. The quantitative estimate of drug-likeness (QED) is 0.756. The molecule has 2 saturated carbocycles. The fourth-order valence-electron chi connectivity index (χ4n) is 3.42. The standard InChI is InChI=1S/C16H32N2/c1-14(12-17-15-8-4-2-5-9-15)13-18-16-10-6-3-7-11-16/h14-18H,2-13H2,1H3. The van der Waals surface area contributed by atoms with Gasteiger partial charge < -0.3 is 10.6 Å². The van der Waals surface area contributed by atoms with Gasteiger partial charge in [0.15, 0.2) is 0 Å². The lowest BCUT2D eigenvalue weighted by atomic mass is 9.94. The predicted octanol–water partition coefficient (Wildman–Crippen LogP) is 3.47. The first-order valence-corrected chi connectivity index (χ1v) is 8.31. The lowest BCUT2D eigenvalue weighted by molar-refractivity contribution is 0.323. The summed E-state index contributed by atoms with van der Waals surface area (Å²) in [6.45, 7) is 4.78. The Labute approximate surface area is 113 Å². The van der Waals surface area contributed by atoms with Crippen molar-refractivity contribution in [2.75, 3.05) is 13.1 Å². The van der Waals surface area contributed by atoms with E-state index in [1.54, 1.807) is 0 Å². The molecule has 0 unspecified atom stereocenters. The van der Waals surface area contributed by atoms with Crippen molar-refractivity contribution in [1.82, 2.24) is 10.6 Å². The van der Waals surface area contributed by atoms with Gasteiger partial charge in [-0.1, -0.05) is 45.4 Å². The lowest BCUT2D eigenvalue weighted by Crippen LogP contribution is -2.40. The van der Waals surface area contributed by atoms with Crippen molar-refractivity contribution in [3.05, 3.63) is 0 Å². The van der Waals surface area contributed by atoms with Gasteiger partial charge in [-0.05, 0) is 44.7 Å². The summed E-state index contributed by atoms with van der Waals surface area (Å²) < 4.78 is 0. The molecule has 0 saturated heterocycles. The molecule has 0 aromatic rings. The van der Waals surface area contributed by atoms with E-state index in [4.69, 9.17) is 0 Å². The largest absolute Gasteiger partial charge is 0.314 e. The van der Waals surface area contributed by atoms with Crippen LogP contribution in [0.2, 0.25) is 0 Å². The predicted molar refractivity (Wildman–Crippen MR) is 78.9 cm³/mol. The molecule has 2 rings (SSSR count). The Hall–Kier alpha value is -0.0800. The van der Waals surface area contributed by atoms with Crippen molar-refractivity contribution in [3.63, 3.8) is 0 Å². The highest BCUT2D eigenvalue weighted by Gasteiger charge is 2.15. The Morgan fingerprint density at radius 1 is 0.722 bits per heavy atom. The molecule has 2 aliphatic rings. The van der Waals surface area contributed by atoms with Crippen molar-refractivity contribution >= 4 is 0 Å². The van der Waals surface area contributed by atoms with Gasteiger partial charge >= 0.3 is 0 Å². The molecule has 2 heteroatoms. The Balaban J connectivity index is 1.52. The van der Waals surface area contributed by atoms with E-state index in [1.807, 2.05) is 0 Å². The molecule has 0 spiro atoms. The first-order valence-electron chi connectivity index (χ1n) is 8.31. The number of rotatable bonds is 6. The number of hydrogen-bond donors (Lipinski definition) is 2. The molecule has 0 aliphatic heterocycles. The summed E-state index contributed by atoms with van der Waals surface area (Å²) in [5.74, 6) is 0.772. The number of nitrogens with one attached hydrogen (secondary N) is 2. The van der Waals surface area contributed by atoms with Crippen molar-refractivity contribution < 1.29 is 0 Å². The first kappa shape index (κ1) is 14.3. The molecule has 2 fully saturated rings. The smallest absolute Gasteiger partial charge is 0.00671 e. The summed E-state index contributed by atoms with van der Waals surface area (Å²) in [6, 6.07) is 1.63. The zero-order chi connectivity index (χ0) is 12.6. The van der Waals surface area contributed by atoms with Crippen LogP contribution in [0.4, 0.5) is 0 Å². The van der Waals surface area contributed by atoms with Crippen LogP contribution in [0.25, 0.3) is 0 Å². The summed E-state index contributed by atoms with van der Waals surface area (Å²) in [7, 11) is 0. The second-order valence-corrected chi connectivity index (χ2v) is 6.59. The molecule has 2 nitrogen and oxygen atoms in total. The van der Waals surface area contributed by atoms with E-state index in [0.717, 1.165) is 18.0 Å². The van der Waals surface area contributed by atoms with E-state index in [0.29, 0.717) is 0 Å². The van der Waals surface area contributed by atoms with Crippen LogP contribution in [0.15, 0.2) is 0 Å². The minimum atomic E-state index is 0.772. The average Bonchev–Trinajstić information content (AvgIpc) is 2.45. The molecule has 0 heterocycles. The molecule has 0 amide bonds. The molecule has 0 aromatic carbocycles. The Bertz CT molecular complexity index is 183. The summed E-state index contributed by atoms with van der Waals surface area (Å²) in [4.78, 5) is 0. The average molecular weight is 252 g/mol. The Morgan fingerprint density at radius 2 is 1.11 bits per heavy atom. The molecular formula is C16H32N2. The van der Waals surface area contributed by atoms with Gasteiger partial charge in [0, 0.05) is 12.1 Å². The highest BCUT2D eigenvalue weighted by Crippen LogP contribution is 2.18. The molecule has 0 radical (unpaired) electrons. The van der Waals surface area contributed by atoms with Crippen LogP contribution in [-0.4, -0.2) is 25.2 Å². The van der Waals surface area contributed by atoms with Gasteiger partial charge in [0.2, 0.25) is 0 Å². The summed E-state index contributed by atoms with van der Waals surface area (Å²) >= 11 is 0. The fraction of sp³-hybridized carbons (Fsp3) is 1.00. The van der Waals surface area contributed by atoms with Gasteiger partial charge in [-0.2, -0.15) is 0 Å². The van der Waals surface area contributed by atoms with E-state index < -0.39 is 0 Å². The van der Waals surface area contributed by atoms with Crippen LogP contribution in [0.1, 0.15) is 71.1 Å². The highest BCUT2D eigenvalue weighted by molar-refractivity contribution is 4.76. The third-order valence-electron chi connectivity index (χ3n) is 4.72. The molecular weight excluding hydrogens is 220 g/mol. The highest BCUT2D eigenvalue weighted by atomic mass is 14.9. The van der Waals surface area contributed by atoms with Crippen LogP contribution >= 0.6 is 0 Å². The molecule has 2 N–H and O–H groups in total. The van der Waals surface area contributed by atoms with Crippen molar-refractivity contribution in [3.8, 4) is 0 Å². The monoisotopic (exact) mass is 252 g/mol. The summed E-state index contributed by atoms with van der Waals surface area (Å²) in [6.07, 6.45) is 14.3. The molecule has 0 atom stereocenters. The Kier molecular flexibility index (Phi) is 6.50. The van der Waals surface area contributed by atoms with Gasteiger partial charge in [-0.3, -0.25) is 0 Å². The van der Waals surface area contributed by atoms with Crippen molar-refractivity contribution in [2.45, 2.75) is 83.2 Å². The van der Waals surface area contributed by atoms with Crippen LogP contribution in [0.5, 0.6) is 0 Å². The molecule has 18 heavy (non-hydrogen) atoms. The summed E-state index contributed by atoms with van der Waals surface area (Å²) in [5, 5.41) is 7.54. The molecule has 0 bridgehead atoms. The maximum atomic E-state index is 3.77. The lowest BCUT2D eigenvalue weighted by Gasteiger charge is -2.27. The van der Waals surface area contributed by atoms with Crippen LogP contribution in [0, 0.1) is 5.92 Å². The van der Waals surface area contributed by atoms with Crippen LogP contribution in [-0.2, 0) is 0 Å². The first-order chi connectivity index (χ1) is 8.84. The van der Waals surface area contributed by atoms with Gasteiger partial charge in [-0.25, -0.2) is 0 Å². The van der Waals surface area contributed by atoms with Gasteiger partial charge in [0.05, 0.1) is 0 Å². The second-order valence-electron chi connectivity index (χ2n) is 6.59. The molecule has 106 valence electrons. The SMILES string of the molecule is CC(CNC1CCCCC1)CNC1CCCCC1. The maximum absolute atomic E-state index is 3.77. The fourth-order valence-corrected chi connectivity index (χ4v) is 3.42. The Morgan fingerprint density at radius 3 is 1.50 bits per heavy atom. The van der Waals surface area contributed by atoms with Gasteiger partial charge in [-0.15, -0.1) is 0 Å². The minimum Gasteiger partial charge on any atom is -0.314 e. The summed E-state index contributed by atoms with van der Waals surface area (Å²) in [5.41, 5.74) is 0. The third kappa shape index (κ3) is 5.27. The normalized spacial score (nSPS) is 23.7. The zero-order valence-corrected chi connectivity index (χ0v) is 12.2. The molecule has 0 aromatic heterocycles. The van der Waals surface area contributed by atoms with Crippen molar-refractivity contribution in [1.29, 1.82) is 0 Å². The van der Waals surface area contributed by atoms with Gasteiger partial charge in [0.1, 0.15) is 0 Å². The van der Waals surface area contributed by atoms with E-state index in [-0.39, 0.29) is 0 Å². The zero-order valence-electron chi connectivity index (χ0n) is 12.2. The maximum Gasteiger partial charge on any atom is 0.00671 e. The second kappa shape index (κ2) is 8.16. The van der Waals surface area contributed by atoms with Crippen LogP contribution in [0.3, 0.4) is 0 Å². The van der Waals surface area contributed by atoms with E-state index >= 15 is 0 Å². The topological polar surface area (TPSA) is 24.1 Å². The van der Waals surface area contributed by atoms with E-state index in [1.165, 1.54) is 77.3 Å². The van der Waals surface area contributed by atoms with Crippen LogP contribution < -0.4 is 10.6 Å². The van der Waals surface area contributed by atoms with Crippen molar-refractivity contribution in [2.24, 2.45) is 5.92 Å². The van der Waals surface area contributed by atoms with E-state index in [9.17, 15) is 0 Å². The third-order valence-corrected chi connectivity index (χ3v) is 4.72. The minimum absolute atomic E-state index is 0.772. The van der Waals surface area contributed by atoms with E-state index in [2.05, 4.69) is 17.6 Å². The number of hydrogen-bond acceptors (Lipinski definition) is 2.